The molecule has 1 aromatic rings. The number of halogens is 1. The number of nitrogens with zero attached hydrogens (tertiary/aromatic N) is 1. The van der Waals surface area contributed by atoms with Crippen LogP contribution in [0.3, 0.4) is 0 Å². The molecule has 0 saturated carbocycles. The molecule has 1 N–H and O–H groups in total. The first-order valence-corrected chi connectivity index (χ1v) is 4.58. The van der Waals surface area contributed by atoms with E-state index < -0.39 is 0 Å². The van der Waals surface area contributed by atoms with Crippen LogP contribution in [0.2, 0.25) is 5.02 Å². The minimum absolute atomic E-state index is 0.550. The van der Waals surface area contributed by atoms with E-state index in [-0.39, 0.29) is 0 Å². The number of nitrogens with one attached hydrogen (secondary N) is 1. The molecule has 14 heavy (non-hydrogen) atoms. The summed E-state index contributed by atoms with van der Waals surface area (Å²) in [4.78, 5) is 0. The van der Waals surface area contributed by atoms with Crippen molar-refractivity contribution in [1.29, 1.82) is 5.26 Å². The average Bonchev–Trinajstić information content (AvgIpc) is 2.20. The Balaban J connectivity index is 2.72. The van der Waals surface area contributed by atoms with Crippen molar-refractivity contribution in [2.75, 3.05) is 25.6 Å². The Morgan fingerprint density at radius 1 is 1.57 bits per heavy atom. The normalized spacial score (nSPS) is 9.50. The minimum Gasteiger partial charge on any atom is -0.383 e. The van der Waals surface area contributed by atoms with Crippen LogP contribution in [-0.2, 0) is 4.74 Å². The predicted octanol–water partition coefficient (Wildman–Crippen LogP) is 2.27. The van der Waals surface area contributed by atoms with Crippen molar-refractivity contribution in [2.24, 2.45) is 0 Å². The maximum Gasteiger partial charge on any atom is 0.101 e. The quantitative estimate of drug-likeness (QED) is 0.776. The smallest absolute Gasteiger partial charge is 0.101 e. The van der Waals surface area contributed by atoms with E-state index in [1.54, 1.807) is 25.3 Å². The van der Waals surface area contributed by atoms with Gasteiger partial charge in [0.25, 0.3) is 0 Å². The SMILES string of the molecule is COCCNc1ccc(Cl)cc1C#N. The number of hydrogen-bond donors (Lipinski definition) is 1. The van der Waals surface area contributed by atoms with Crippen LogP contribution in [0.5, 0.6) is 0 Å². The standard InChI is InChI=1S/C10H11ClN2O/c1-14-5-4-13-10-3-2-9(11)6-8(10)7-12/h2-3,6,13H,4-5H2,1H3. The molecular weight excluding hydrogens is 200 g/mol. The Morgan fingerprint density at radius 3 is 3.00 bits per heavy atom. The van der Waals surface area contributed by atoms with Gasteiger partial charge in [-0.2, -0.15) is 5.26 Å². The van der Waals surface area contributed by atoms with Gasteiger partial charge in [0.05, 0.1) is 17.9 Å². The zero-order valence-electron chi connectivity index (χ0n) is 7.88. The molecule has 0 bridgehead atoms. The maximum absolute atomic E-state index is 8.82. The largest absolute Gasteiger partial charge is 0.383 e. The first-order chi connectivity index (χ1) is 6.77. The van der Waals surface area contributed by atoms with E-state index in [0.717, 1.165) is 5.69 Å². The number of ether oxygens (including phenoxy) is 1. The summed E-state index contributed by atoms with van der Waals surface area (Å²) in [5, 5.41) is 12.5. The number of anilines is 1. The van der Waals surface area contributed by atoms with Crippen molar-refractivity contribution in [1.82, 2.24) is 0 Å². The molecule has 0 saturated heterocycles. The third-order valence-corrected chi connectivity index (χ3v) is 1.96. The van der Waals surface area contributed by atoms with E-state index in [1.165, 1.54) is 0 Å². The van der Waals surface area contributed by atoms with Gasteiger partial charge in [-0.1, -0.05) is 11.6 Å². The van der Waals surface area contributed by atoms with E-state index in [9.17, 15) is 0 Å². The number of hydrogen-bond acceptors (Lipinski definition) is 3. The van der Waals surface area contributed by atoms with Gasteiger partial charge in [0.15, 0.2) is 0 Å². The lowest BCUT2D eigenvalue weighted by molar-refractivity contribution is 0.211. The molecule has 4 heteroatoms. The van der Waals surface area contributed by atoms with Crippen molar-refractivity contribution in [3.05, 3.63) is 28.8 Å². The molecule has 0 spiro atoms. The molecule has 0 amide bonds. The van der Waals surface area contributed by atoms with Gasteiger partial charge in [0.2, 0.25) is 0 Å². The fourth-order valence-corrected chi connectivity index (χ4v) is 1.22. The lowest BCUT2D eigenvalue weighted by Gasteiger charge is -2.07. The molecule has 0 aliphatic heterocycles. The van der Waals surface area contributed by atoms with E-state index in [1.807, 2.05) is 0 Å². The predicted molar refractivity (Wildman–Crippen MR) is 56.5 cm³/mol. The van der Waals surface area contributed by atoms with Gasteiger partial charge >= 0.3 is 0 Å². The second-order valence-electron chi connectivity index (χ2n) is 2.72. The first-order valence-electron chi connectivity index (χ1n) is 4.20. The second kappa shape index (κ2) is 5.48. The van der Waals surface area contributed by atoms with Gasteiger partial charge in [0, 0.05) is 18.7 Å². The van der Waals surface area contributed by atoms with Gasteiger partial charge in [-0.25, -0.2) is 0 Å². The van der Waals surface area contributed by atoms with E-state index >= 15 is 0 Å². The average molecular weight is 211 g/mol. The highest BCUT2D eigenvalue weighted by Crippen LogP contribution is 2.19. The molecule has 74 valence electrons. The Bertz CT molecular complexity index is 346. The van der Waals surface area contributed by atoms with Crippen LogP contribution in [0.1, 0.15) is 5.56 Å². The topological polar surface area (TPSA) is 45.0 Å². The lowest BCUT2D eigenvalue weighted by atomic mass is 10.2. The molecule has 0 aromatic heterocycles. The zero-order valence-corrected chi connectivity index (χ0v) is 8.64. The molecule has 0 heterocycles. The first kappa shape index (κ1) is 10.8. The third kappa shape index (κ3) is 2.91. The highest BCUT2D eigenvalue weighted by atomic mass is 35.5. The summed E-state index contributed by atoms with van der Waals surface area (Å²) in [7, 11) is 1.63. The number of methoxy groups -OCH3 is 1. The molecule has 0 aliphatic carbocycles. The van der Waals surface area contributed by atoms with E-state index in [0.29, 0.717) is 23.7 Å². The van der Waals surface area contributed by atoms with Crippen molar-refractivity contribution in [2.45, 2.75) is 0 Å². The molecule has 0 atom stereocenters. The van der Waals surface area contributed by atoms with Gasteiger partial charge in [-0.3, -0.25) is 0 Å². The van der Waals surface area contributed by atoms with Crippen LogP contribution < -0.4 is 5.32 Å². The highest BCUT2D eigenvalue weighted by Gasteiger charge is 2.01. The Hall–Kier alpha value is -1.24. The van der Waals surface area contributed by atoms with Crippen LogP contribution >= 0.6 is 11.6 Å². The van der Waals surface area contributed by atoms with Gasteiger partial charge < -0.3 is 10.1 Å². The summed E-state index contributed by atoms with van der Waals surface area (Å²) in [6.45, 7) is 1.28. The van der Waals surface area contributed by atoms with Crippen molar-refractivity contribution < 1.29 is 4.74 Å². The number of nitriles is 1. The van der Waals surface area contributed by atoms with Crippen LogP contribution in [0.4, 0.5) is 5.69 Å². The Morgan fingerprint density at radius 2 is 2.36 bits per heavy atom. The van der Waals surface area contributed by atoms with E-state index in [2.05, 4.69) is 11.4 Å². The molecule has 3 nitrogen and oxygen atoms in total. The zero-order chi connectivity index (χ0) is 10.4. The van der Waals surface area contributed by atoms with Crippen molar-refractivity contribution in [3.8, 4) is 6.07 Å². The molecule has 0 radical (unpaired) electrons. The summed E-state index contributed by atoms with van der Waals surface area (Å²) in [6.07, 6.45) is 0. The molecular formula is C10H11ClN2O. The summed E-state index contributed by atoms with van der Waals surface area (Å²) in [5.41, 5.74) is 1.34. The molecule has 0 aliphatic rings. The fraction of sp³-hybridized carbons (Fsp3) is 0.300. The third-order valence-electron chi connectivity index (χ3n) is 1.72. The Kier molecular flexibility index (Phi) is 4.24. The van der Waals surface area contributed by atoms with Crippen molar-refractivity contribution in [3.63, 3.8) is 0 Å². The van der Waals surface area contributed by atoms with Crippen LogP contribution in [-0.4, -0.2) is 20.3 Å². The van der Waals surface area contributed by atoms with Crippen LogP contribution in [0.25, 0.3) is 0 Å². The molecule has 0 fully saturated rings. The van der Waals surface area contributed by atoms with Gasteiger partial charge in [0.1, 0.15) is 6.07 Å². The highest BCUT2D eigenvalue weighted by molar-refractivity contribution is 6.30. The van der Waals surface area contributed by atoms with Crippen molar-refractivity contribution >= 4 is 17.3 Å². The van der Waals surface area contributed by atoms with Gasteiger partial charge in [-0.05, 0) is 18.2 Å². The maximum atomic E-state index is 8.82. The summed E-state index contributed by atoms with van der Waals surface area (Å²) in [6, 6.07) is 7.25. The minimum atomic E-state index is 0.550. The van der Waals surface area contributed by atoms with Crippen LogP contribution in [0, 0.1) is 11.3 Å². The summed E-state index contributed by atoms with van der Waals surface area (Å²) < 4.78 is 4.89. The number of rotatable bonds is 4. The fourth-order valence-electron chi connectivity index (χ4n) is 1.05. The number of benzene rings is 1. The molecule has 1 aromatic carbocycles. The van der Waals surface area contributed by atoms with Crippen LogP contribution in [0.15, 0.2) is 18.2 Å². The molecule has 0 unspecified atom stereocenters. The summed E-state index contributed by atoms with van der Waals surface area (Å²) in [5.74, 6) is 0. The van der Waals surface area contributed by atoms with Gasteiger partial charge in [-0.15, -0.1) is 0 Å². The Labute approximate surface area is 88.3 Å². The second-order valence-corrected chi connectivity index (χ2v) is 3.16. The lowest BCUT2D eigenvalue weighted by Crippen LogP contribution is -2.08. The van der Waals surface area contributed by atoms with E-state index in [4.69, 9.17) is 21.6 Å². The molecule has 1 rings (SSSR count). The summed E-state index contributed by atoms with van der Waals surface area (Å²) >= 11 is 5.75. The monoisotopic (exact) mass is 210 g/mol.